The van der Waals surface area contributed by atoms with E-state index in [1.165, 1.54) is 5.39 Å². The number of hydrogen-bond donors (Lipinski definition) is 1. The Hall–Kier alpha value is -1.78. The number of rotatable bonds is 4. The molecule has 0 bridgehead atoms. The Balaban J connectivity index is 1.65. The van der Waals surface area contributed by atoms with Crippen LogP contribution >= 0.6 is 11.3 Å². The molecule has 0 aliphatic carbocycles. The van der Waals surface area contributed by atoms with Crippen molar-refractivity contribution in [2.45, 2.75) is 20.0 Å². The summed E-state index contributed by atoms with van der Waals surface area (Å²) in [5, 5.41) is 7.76. The largest absolute Gasteiger partial charge is 0.305 e. The van der Waals surface area contributed by atoms with Crippen LogP contribution in [0.5, 0.6) is 0 Å². The number of aromatic nitrogens is 2. The van der Waals surface area contributed by atoms with Crippen molar-refractivity contribution in [2.75, 3.05) is 0 Å². The predicted molar refractivity (Wildman–Crippen MR) is 79.1 cm³/mol. The van der Waals surface area contributed by atoms with Gasteiger partial charge in [-0.25, -0.2) is 4.98 Å². The van der Waals surface area contributed by atoms with Crippen LogP contribution in [0.4, 0.5) is 0 Å². The highest BCUT2D eigenvalue weighted by Crippen LogP contribution is 2.12. The van der Waals surface area contributed by atoms with Crippen molar-refractivity contribution in [1.29, 1.82) is 0 Å². The molecule has 0 saturated heterocycles. The molecule has 1 aromatic carbocycles. The van der Waals surface area contributed by atoms with Crippen LogP contribution in [0.3, 0.4) is 0 Å². The fourth-order valence-electron chi connectivity index (χ4n) is 1.99. The zero-order chi connectivity index (χ0) is 13.1. The molecule has 0 radical (unpaired) electrons. The Labute approximate surface area is 116 Å². The maximum absolute atomic E-state index is 4.63. The summed E-state index contributed by atoms with van der Waals surface area (Å²) in [7, 11) is 0. The lowest BCUT2D eigenvalue weighted by molar-refractivity contribution is 0.677. The molecule has 0 atom stereocenters. The van der Waals surface area contributed by atoms with Crippen LogP contribution in [0.2, 0.25) is 0 Å². The average molecular weight is 269 g/mol. The molecule has 0 aliphatic rings. The molecular formula is C15H15N3S. The number of thiazole rings is 1. The average Bonchev–Trinajstić information content (AvgIpc) is 2.84. The third-order valence-electron chi connectivity index (χ3n) is 2.91. The van der Waals surface area contributed by atoms with E-state index in [1.54, 1.807) is 11.3 Å². The minimum atomic E-state index is 0.767. The highest BCUT2D eigenvalue weighted by atomic mass is 32.1. The van der Waals surface area contributed by atoms with Gasteiger partial charge in [0.1, 0.15) is 5.01 Å². The number of nitrogens with zero attached hydrogens (tertiary/aromatic N) is 2. The van der Waals surface area contributed by atoms with Gasteiger partial charge in [0.2, 0.25) is 0 Å². The van der Waals surface area contributed by atoms with E-state index in [1.807, 2.05) is 25.1 Å². The van der Waals surface area contributed by atoms with Crippen LogP contribution in [0.1, 0.15) is 16.4 Å². The predicted octanol–water partition coefficient (Wildman–Crippen LogP) is 3.29. The van der Waals surface area contributed by atoms with Crippen molar-refractivity contribution in [3.63, 3.8) is 0 Å². The van der Waals surface area contributed by atoms with Gasteiger partial charge in [-0.2, -0.15) is 0 Å². The third kappa shape index (κ3) is 2.97. The molecule has 3 nitrogen and oxygen atoms in total. The Morgan fingerprint density at radius 2 is 1.95 bits per heavy atom. The number of pyridine rings is 1. The highest BCUT2D eigenvalue weighted by Gasteiger charge is 2.00. The van der Waals surface area contributed by atoms with Gasteiger partial charge in [0.15, 0.2) is 0 Å². The summed E-state index contributed by atoms with van der Waals surface area (Å²) in [5.74, 6) is 0. The van der Waals surface area contributed by atoms with E-state index < -0.39 is 0 Å². The molecule has 0 spiro atoms. The normalized spacial score (nSPS) is 11.0. The Morgan fingerprint density at radius 1 is 1.05 bits per heavy atom. The van der Waals surface area contributed by atoms with Gasteiger partial charge < -0.3 is 5.32 Å². The van der Waals surface area contributed by atoms with Crippen molar-refractivity contribution in [3.05, 3.63) is 58.2 Å². The second-order valence-electron chi connectivity index (χ2n) is 4.48. The second kappa shape index (κ2) is 5.47. The van der Waals surface area contributed by atoms with Gasteiger partial charge in [-0.3, -0.25) is 4.98 Å². The minimum absolute atomic E-state index is 0.767. The lowest BCUT2D eigenvalue weighted by Gasteiger charge is -2.04. The summed E-state index contributed by atoms with van der Waals surface area (Å²) in [6.07, 6.45) is 0. The fourth-order valence-corrected chi connectivity index (χ4v) is 2.73. The molecule has 2 aromatic heterocycles. The summed E-state index contributed by atoms with van der Waals surface area (Å²) in [6.45, 7) is 3.58. The molecule has 3 rings (SSSR count). The first kappa shape index (κ1) is 12.3. The van der Waals surface area contributed by atoms with E-state index in [0.717, 1.165) is 35.0 Å². The molecule has 0 amide bonds. The van der Waals surface area contributed by atoms with Gasteiger partial charge in [0, 0.05) is 29.5 Å². The van der Waals surface area contributed by atoms with Crippen molar-refractivity contribution in [3.8, 4) is 0 Å². The van der Waals surface area contributed by atoms with Gasteiger partial charge in [0.05, 0.1) is 11.2 Å². The maximum atomic E-state index is 4.63. The molecule has 4 heteroatoms. The number of para-hydroxylation sites is 1. The number of nitrogens with one attached hydrogen (secondary N) is 1. The maximum Gasteiger partial charge on any atom is 0.107 e. The quantitative estimate of drug-likeness (QED) is 0.789. The lowest BCUT2D eigenvalue weighted by atomic mass is 10.2. The van der Waals surface area contributed by atoms with E-state index in [4.69, 9.17) is 0 Å². The molecule has 0 saturated carbocycles. The van der Waals surface area contributed by atoms with Crippen LogP contribution < -0.4 is 5.32 Å². The molecule has 2 heterocycles. The monoisotopic (exact) mass is 269 g/mol. The Bertz CT molecular complexity index is 690. The van der Waals surface area contributed by atoms with Gasteiger partial charge in [-0.05, 0) is 19.1 Å². The van der Waals surface area contributed by atoms with Crippen molar-refractivity contribution in [1.82, 2.24) is 15.3 Å². The molecule has 19 heavy (non-hydrogen) atoms. The van der Waals surface area contributed by atoms with Gasteiger partial charge in [-0.1, -0.05) is 24.3 Å². The van der Waals surface area contributed by atoms with Crippen molar-refractivity contribution < 1.29 is 0 Å². The summed E-state index contributed by atoms with van der Waals surface area (Å²) in [5.41, 5.74) is 3.20. The molecule has 3 aromatic rings. The second-order valence-corrected chi connectivity index (χ2v) is 5.42. The molecule has 0 fully saturated rings. The Kier molecular flexibility index (Phi) is 3.53. The van der Waals surface area contributed by atoms with Gasteiger partial charge in [-0.15, -0.1) is 11.3 Å². The lowest BCUT2D eigenvalue weighted by Crippen LogP contribution is -2.13. The van der Waals surface area contributed by atoms with Crippen LogP contribution in [0.25, 0.3) is 10.9 Å². The number of aryl methyl sites for hydroxylation is 1. The van der Waals surface area contributed by atoms with E-state index in [2.05, 4.69) is 38.9 Å². The number of hydrogen-bond acceptors (Lipinski definition) is 4. The summed E-state index contributed by atoms with van der Waals surface area (Å²) >= 11 is 1.69. The zero-order valence-corrected chi connectivity index (χ0v) is 11.6. The van der Waals surface area contributed by atoms with Crippen LogP contribution in [0, 0.1) is 6.92 Å². The van der Waals surface area contributed by atoms with E-state index >= 15 is 0 Å². The first-order valence-electron chi connectivity index (χ1n) is 6.28. The standard InChI is InChI=1S/C15H15N3S/c1-11-10-19-15(17-11)9-16-8-13-7-6-12-4-2-3-5-14(12)18-13/h2-7,10,16H,8-9H2,1H3. The van der Waals surface area contributed by atoms with Crippen molar-refractivity contribution in [2.24, 2.45) is 0 Å². The molecular weight excluding hydrogens is 254 g/mol. The van der Waals surface area contributed by atoms with Crippen LogP contribution in [0.15, 0.2) is 41.8 Å². The van der Waals surface area contributed by atoms with Gasteiger partial charge in [0.25, 0.3) is 0 Å². The molecule has 1 N–H and O–H groups in total. The Morgan fingerprint density at radius 3 is 2.79 bits per heavy atom. The topological polar surface area (TPSA) is 37.8 Å². The molecule has 0 unspecified atom stereocenters. The first-order chi connectivity index (χ1) is 9.31. The highest BCUT2D eigenvalue weighted by molar-refractivity contribution is 7.09. The summed E-state index contributed by atoms with van der Waals surface area (Å²) in [4.78, 5) is 9.06. The van der Waals surface area contributed by atoms with Crippen LogP contribution in [-0.4, -0.2) is 9.97 Å². The van der Waals surface area contributed by atoms with E-state index in [9.17, 15) is 0 Å². The smallest absolute Gasteiger partial charge is 0.107 e. The molecule has 0 aliphatic heterocycles. The minimum Gasteiger partial charge on any atom is -0.305 e. The van der Waals surface area contributed by atoms with E-state index in [0.29, 0.717) is 0 Å². The SMILES string of the molecule is Cc1csc(CNCc2ccc3ccccc3n2)n1. The zero-order valence-electron chi connectivity index (χ0n) is 10.8. The van der Waals surface area contributed by atoms with Gasteiger partial charge >= 0.3 is 0 Å². The molecule has 96 valence electrons. The summed E-state index contributed by atoms with van der Waals surface area (Å²) in [6, 6.07) is 12.4. The number of fused-ring (bicyclic) bond motifs is 1. The van der Waals surface area contributed by atoms with Crippen molar-refractivity contribution >= 4 is 22.2 Å². The van der Waals surface area contributed by atoms with E-state index in [-0.39, 0.29) is 0 Å². The fraction of sp³-hybridized carbons (Fsp3) is 0.200. The third-order valence-corrected chi connectivity index (χ3v) is 3.87. The summed E-state index contributed by atoms with van der Waals surface area (Å²) < 4.78 is 0. The number of benzene rings is 1. The van der Waals surface area contributed by atoms with Crippen LogP contribution in [-0.2, 0) is 13.1 Å². The first-order valence-corrected chi connectivity index (χ1v) is 7.15.